The Labute approximate surface area is 431 Å². The average Bonchev–Trinajstić information content (AvgIpc) is 3.49. The van der Waals surface area contributed by atoms with Gasteiger partial charge in [0.2, 0.25) is 0 Å². The van der Waals surface area contributed by atoms with Crippen LogP contribution in [-0.2, 0) is 6.42 Å². The fourth-order valence-electron chi connectivity index (χ4n) is 12.9. The first-order chi connectivity index (χ1) is 36.1. The molecule has 73 heavy (non-hydrogen) atoms. The van der Waals surface area contributed by atoms with E-state index in [1.165, 1.54) is 102 Å². The van der Waals surface area contributed by atoms with E-state index >= 15 is 0 Å². The van der Waals surface area contributed by atoms with Gasteiger partial charge in [0.1, 0.15) is 0 Å². The number of thiol groups is 1. The summed E-state index contributed by atoms with van der Waals surface area (Å²) in [7, 11) is -3.28. The topological polar surface area (TPSA) is 3.24 Å². The lowest BCUT2D eigenvalue weighted by Gasteiger charge is -2.60. The van der Waals surface area contributed by atoms with Gasteiger partial charge >= 0.3 is 0 Å². The molecular weight excluding hydrogens is 899 g/mol. The molecule has 0 unspecified atom stereocenters. The summed E-state index contributed by atoms with van der Waals surface area (Å²) in [5.41, 5.74) is 14.7. The summed E-state index contributed by atoms with van der Waals surface area (Å²) in [6.07, 6.45) is 37.1. The van der Waals surface area contributed by atoms with Crippen LogP contribution in [0.3, 0.4) is 0 Å². The fourth-order valence-corrected chi connectivity index (χ4v) is 18.4. The largest absolute Gasteiger partial charge is 0.310 e. The fraction of sp³-hybridized carbons (Fsp3) is 0.127. The first-order valence-corrected chi connectivity index (χ1v) is 29.2. The highest BCUT2D eigenvalue weighted by Gasteiger charge is 2.44. The number of nitrogens with zero attached hydrogens (tertiary/aromatic N) is 1. The lowest BCUT2D eigenvalue weighted by atomic mass is 9.76. The van der Waals surface area contributed by atoms with Crippen molar-refractivity contribution < 1.29 is 0 Å². The van der Waals surface area contributed by atoms with E-state index in [2.05, 4.69) is 260 Å². The number of aryl methyl sites for hydroxylation is 1. The third kappa shape index (κ3) is 7.37. The second-order valence-electron chi connectivity index (χ2n) is 20.5. The molecule has 0 N–H and O–H groups in total. The molecule has 1 nitrogen and oxygen atoms in total. The zero-order valence-corrected chi connectivity index (χ0v) is 42.6. The van der Waals surface area contributed by atoms with Crippen molar-refractivity contribution in [1.82, 2.24) is 0 Å². The number of anilines is 3. The number of hydrogen-bond donors (Lipinski definition) is 1. The quantitative estimate of drug-likeness (QED) is 0.106. The van der Waals surface area contributed by atoms with E-state index < -0.39 is 9.16 Å². The molecule has 0 atom stereocenters. The number of hydrogen-bond acceptors (Lipinski definition) is 1. The van der Waals surface area contributed by atoms with Gasteiger partial charge in [-0.05, 0) is 197 Å². The highest BCUT2D eigenvalue weighted by molar-refractivity contribution is 8.49. The molecule has 9 aromatic rings. The summed E-state index contributed by atoms with van der Waals surface area (Å²) in [6.45, 7) is 0. The Morgan fingerprint density at radius 1 is 0.425 bits per heavy atom. The maximum absolute atomic E-state index is 3.28. The van der Waals surface area contributed by atoms with E-state index in [-0.39, 0.29) is 0 Å². The Hall–Kier alpha value is -7.91. The van der Waals surface area contributed by atoms with Crippen LogP contribution in [0.2, 0.25) is 0 Å². The second-order valence-corrected chi connectivity index (χ2v) is 25.7. The molecule has 4 aliphatic carbocycles. The average molecular weight is 960 g/mol. The molecule has 0 saturated heterocycles. The van der Waals surface area contributed by atoms with Gasteiger partial charge in [0.15, 0.2) is 0 Å². The molecule has 0 heterocycles. The molecule has 2 heteroatoms. The normalized spacial score (nSPS) is 15.9. The summed E-state index contributed by atoms with van der Waals surface area (Å²) in [6, 6.07) is 69.2. The van der Waals surface area contributed by atoms with Crippen molar-refractivity contribution in [1.29, 1.82) is 0 Å². The molecule has 0 saturated carbocycles. The summed E-state index contributed by atoms with van der Waals surface area (Å²) in [4.78, 5) is 7.92. The first-order valence-electron chi connectivity index (χ1n) is 26.5. The molecule has 13 rings (SSSR count). The number of fused-ring (bicyclic) bond motifs is 7. The van der Waals surface area contributed by atoms with Gasteiger partial charge in [0.25, 0.3) is 0 Å². The van der Waals surface area contributed by atoms with E-state index in [0.717, 1.165) is 62.7 Å². The van der Waals surface area contributed by atoms with Gasteiger partial charge in [-0.1, -0.05) is 200 Å². The van der Waals surface area contributed by atoms with Crippen LogP contribution in [0.5, 0.6) is 0 Å². The van der Waals surface area contributed by atoms with Crippen LogP contribution in [0.15, 0.2) is 262 Å². The Morgan fingerprint density at radius 3 is 1.68 bits per heavy atom. The van der Waals surface area contributed by atoms with E-state index in [1.807, 2.05) is 0 Å². The predicted molar refractivity (Wildman–Crippen MR) is 317 cm³/mol. The Bertz CT molecular complexity index is 3740. The van der Waals surface area contributed by atoms with Crippen LogP contribution in [0, 0.1) is 0 Å². The monoisotopic (exact) mass is 959 g/mol. The lowest BCUT2D eigenvalue weighted by Crippen LogP contribution is -2.20. The maximum atomic E-state index is 2.59. The van der Waals surface area contributed by atoms with Crippen molar-refractivity contribution in [3.8, 4) is 0 Å². The standard InChI is InChI=1S/C71H61NS/c1-73(57-33-14-5-15-34-57,58-35-16-6-17-36-58,59-37-18-7-19-38-59)60-46-43-55(44-47-60)72(68-42-24-32-51-29-20-21-39-61(51)68)56-45-48-64-67(49-56)62-40-22-23-41-63(62)70-66(53-27-10-3-11-28-53)50-65(52-25-8-2-9-26-52)69(71(64)70)54-30-12-4-13-31-54/h3-8,10,12,14-21,23-27,29-30,32-39,41-50,73H,2,9,11,13,22,28,31,40H2,1H3. The molecular formula is C71H61NS. The van der Waals surface area contributed by atoms with Gasteiger partial charge in [-0.25, -0.2) is 9.16 Å². The highest BCUT2D eigenvalue weighted by Crippen LogP contribution is 2.87. The van der Waals surface area contributed by atoms with Gasteiger partial charge in [0, 0.05) is 16.8 Å². The van der Waals surface area contributed by atoms with E-state index in [4.69, 9.17) is 0 Å². The van der Waals surface area contributed by atoms with Crippen molar-refractivity contribution in [3.05, 3.63) is 271 Å². The van der Waals surface area contributed by atoms with E-state index in [9.17, 15) is 0 Å². The molecule has 0 fully saturated rings. The molecule has 0 aromatic heterocycles. The molecule has 0 bridgehead atoms. The zero-order chi connectivity index (χ0) is 48.8. The van der Waals surface area contributed by atoms with Crippen molar-refractivity contribution >= 4 is 81.3 Å². The van der Waals surface area contributed by atoms with Crippen LogP contribution in [0.4, 0.5) is 17.1 Å². The maximum Gasteiger partial charge on any atom is 0.0540 e. The predicted octanol–water partition coefficient (Wildman–Crippen LogP) is 20.0. The third-order valence-corrected chi connectivity index (χ3v) is 22.9. The molecule has 4 aliphatic rings. The summed E-state index contributed by atoms with van der Waals surface area (Å²) in [5, 5.41) is 7.96. The summed E-state index contributed by atoms with van der Waals surface area (Å²) in [5.74, 6) is 0. The second kappa shape index (κ2) is 18.6. The zero-order valence-electron chi connectivity index (χ0n) is 41.7. The minimum Gasteiger partial charge on any atom is -0.310 e. The van der Waals surface area contributed by atoms with Gasteiger partial charge in [-0.2, -0.15) is 0 Å². The molecule has 356 valence electrons. The van der Waals surface area contributed by atoms with Gasteiger partial charge in [-0.15, -0.1) is 0 Å². The van der Waals surface area contributed by atoms with Crippen LogP contribution >= 0.6 is 9.16 Å². The van der Waals surface area contributed by atoms with Crippen molar-refractivity contribution in [2.45, 2.75) is 70.9 Å². The van der Waals surface area contributed by atoms with Crippen LogP contribution < -0.4 is 4.90 Å². The molecule has 0 amide bonds. The van der Waals surface area contributed by atoms with Gasteiger partial charge < -0.3 is 4.90 Å². The molecule has 0 aliphatic heterocycles. The van der Waals surface area contributed by atoms with E-state index in [1.54, 1.807) is 0 Å². The minimum absolute atomic E-state index is 1.00. The van der Waals surface area contributed by atoms with Gasteiger partial charge in [-0.3, -0.25) is 0 Å². The molecule has 0 radical (unpaired) electrons. The Kier molecular flexibility index (Phi) is 11.5. The highest BCUT2D eigenvalue weighted by atomic mass is 32.3. The Balaban J connectivity index is 1.09. The van der Waals surface area contributed by atoms with Gasteiger partial charge in [0.05, 0.1) is 5.69 Å². The van der Waals surface area contributed by atoms with Crippen LogP contribution in [0.25, 0.3) is 55.1 Å². The first kappa shape index (κ1) is 45.0. The molecule has 9 aromatic carbocycles. The number of allylic oxidation sites excluding steroid dienone is 13. The number of rotatable bonds is 10. The van der Waals surface area contributed by atoms with Crippen molar-refractivity contribution in [2.24, 2.45) is 0 Å². The van der Waals surface area contributed by atoms with E-state index in [0.29, 0.717) is 0 Å². The minimum atomic E-state index is -3.28. The SMILES string of the molecule is C[SH](c1ccccc1)(c1ccccc1)(c1ccccc1)c1ccc(N(c2ccc3c(c2)c2c(c4c(C5=CC=CCC5)cc(C5=CCCC=C5)c(C5=CC=CCC5)c43)C=CCC2)c2cccc3ccccc23)cc1. The summed E-state index contributed by atoms with van der Waals surface area (Å²) >= 11 is 0. The molecule has 0 spiro atoms. The third-order valence-electron chi connectivity index (χ3n) is 16.6. The summed E-state index contributed by atoms with van der Waals surface area (Å²) < 4.78 is 0. The van der Waals surface area contributed by atoms with Crippen molar-refractivity contribution in [3.63, 3.8) is 0 Å². The lowest BCUT2D eigenvalue weighted by molar-refractivity contribution is 1.000. The smallest absolute Gasteiger partial charge is 0.0540 e. The van der Waals surface area contributed by atoms with Crippen molar-refractivity contribution in [2.75, 3.05) is 11.2 Å². The number of benzene rings is 9. The van der Waals surface area contributed by atoms with Crippen LogP contribution in [0.1, 0.15) is 72.8 Å². The van der Waals surface area contributed by atoms with Crippen LogP contribution in [-0.4, -0.2) is 6.26 Å². The Morgan fingerprint density at radius 2 is 1.03 bits per heavy atom.